The predicted octanol–water partition coefficient (Wildman–Crippen LogP) is 4.30. The summed E-state index contributed by atoms with van der Waals surface area (Å²) in [6.07, 6.45) is 1.59. The molecular formula is C15H12FN3OS. The van der Waals surface area contributed by atoms with Crippen LogP contribution in [0.1, 0.15) is 11.5 Å². The molecule has 0 radical (unpaired) electrons. The first-order chi connectivity index (χ1) is 10.2. The molecule has 0 saturated carbocycles. The Hall–Kier alpha value is -2.47. The zero-order valence-corrected chi connectivity index (χ0v) is 12.0. The summed E-state index contributed by atoms with van der Waals surface area (Å²) in [7, 11) is 0. The van der Waals surface area contributed by atoms with Crippen LogP contribution >= 0.6 is 11.3 Å². The van der Waals surface area contributed by atoms with E-state index >= 15 is 0 Å². The highest BCUT2D eigenvalue weighted by Crippen LogP contribution is 2.24. The zero-order chi connectivity index (χ0) is 14.7. The molecule has 0 saturated heterocycles. The van der Waals surface area contributed by atoms with E-state index in [1.807, 2.05) is 24.4 Å². The van der Waals surface area contributed by atoms with Gasteiger partial charge in [-0.3, -0.25) is 5.43 Å². The van der Waals surface area contributed by atoms with E-state index in [0.717, 1.165) is 17.0 Å². The van der Waals surface area contributed by atoms with Crippen molar-refractivity contribution in [3.05, 3.63) is 59.1 Å². The second-order valence-electron chi connectivity index (χ2n) is 4.36. The second-order valence-corrected chi connectivity index (χ2v) is 5.22. The van der Waals surface area contributed by atoms with Gasteiger partial charge in [-0.05, 0) is 43.3 Å². The van der Waals surface area contributed by atoms with Gasteiger partial charge < -0.3 is 4.42 Å². The highest BCUT2D eigenvalue weighted by molar-refractivity contribution is 7.14. The van der Waals surface area contributed by atoms with E-state index in [-0.39, 0.29) is 5.82 Å². The van der Waals surface area contributed by atoms with E-state index in [0.29, 0.717) is 10.9 Å². The van der Waals surface area contributed by atoms with Crippen LogP contribution in [0, 0.1) is 12.7 Å². The van der Waals surface area contributed by atoms with Crippen molar-refractivity contribution < 1.29 is 8.81 Å². The van der Waals surface area contributed by atoms with Gasteiger partial charge in [-0.15, -0.1) is 11.3 Å². The standard InChI is InChI=1S/C15H12FN3OS/c1-10-2-7-13(20-10)8-17-19-15-18-14(9-21-15)11-3-5-12(16)6-4-11/h2-9H,1H3,(H,18,19)/b17-8-. The fourth-order valence-corrected chi connectivity index (χ4v) is 2.42. The van der Waals surface area contributed by atoms with Crippen molar-refractivity contribution in [3.8, 4) is 11.3 Å². The number of halogens is 1. The third-order valence-electron chi connectivity index (χ3n) is 2.76. The molecule has 0 bridgehead atoms. The van der Waals surface area contributed by atoms with Crippen LogP contribution in [0.15, 0.2) is 51.3 Å². The highest BCUT2D eigenvalue weighted by Gasteiger charge is 2.04. The van der Waals surface area contributed by atoms with Crippen LogP contribution in [0.3, 0.4) is 0 Å². The molecule has 6 heteroatoms. The summed E-state index contributed by atoms with van der Waals surface area (Å²) in [4.78, 5) is 4.39. The Morgan fingerprint density at radius 1 is 1.24 bits per heavy atom. The Morgan fingerprint density at radius 3 is 2.76 bits per heavy atom. The van der Waals surface area contributed by atoms with E-state index in [9.17, 15) is 4.39 Å². The molecule has 2 heterocycles. The molecule has 0 aliphatic carbocycles. The summed E-state index contributed by atoms with van der Waals surface area (Å²) in [6, 6.07) is 9.94. The Bertz CT molecular complexity index is 761. The Kier molecular flexibility index (Phi) is 3.79. The number of hydrogen-bond acceptors (Lipinski definition) is 5. The predicted molar refractivity (Wildman–Crippen MR) is 82.2 cm³/mol. The van der Waals surface area contributed by atoms with Crippen LogP contribution in [-0.2, 0) is 0 Å². The minimum absolute atomic E-state index is 0.259. The van der Waals surface area contributed by atoms with Crippen molar-refractivity contribution >= 4 is 22.7 Å². The normalized spacial score (nSPS) is 11.1. The number of nitrogens with one attached hydrogen (secondary N) is 1. The van der Waals surface area contributed by atoms with Gasteiger partial charge in [-0.1, -0.05) is 0 Å². The summed E-state index contributed by atoms with van der Waals surface area (Å²) in [5.41, 5.74) is 4.50. The third-order valence-corrected chi connectivity index (χ3v) is 3.50. The topological polar surface area (TPSA) is 50.4 Å². The van der Waals surface area contributed by atoms with Crippen LogP contribution in [0.5, 0.6) is 0 Å². The number of furan rings is 1. The van der Waals surface area contributed by atoms with Gasteiger partial charge in [0.1, 0.15) is 17.3 Å². The molecule has 21 heavy (non-hydrogen) atoms. The second kappa shape index (κ2) is 5.88. The summed E-state index contributed by atoms with van der Waals surface area (Å²) >= 11 is 1.43. The first-order valence-corrected chi connectivity index (χ1v) is 7.16. The van der Waals surface area contributed by atoms with Gasteiger partial charge in [-0.2, -0.15) is 5.10 Å². The molecule has 0 amide bonds. The van der Waals surface area contributed by atoms with Crippen LogP contribution in [0.2, 0.25) is 0 Å². The number of hydrogen-bond donors (Lipinski definition) is 1. The molecule has 1 aromatic carbocycles. The number of thiazole rings is 1. The number of anilines is 1. The van der Waals surface area contributed by atoms with Crippen molar-refractivity contribution in [3.63, 3.8) is 0 Å². The maximum absolute atomic E-state index is 12.9. The molecular weight excluding hydrogens is 289 g/mol. The number of aromatic nitrogens is 1. The number of hydrazone groups is 1. The monoisotopic (exact) mass is 301 g/mol. The maximum atomic E-state index is 12.9. The van der Waals surface area contributed by atoms with Crippen LogP contribution in [-0.4, -0.2) is 11.2 Å². The number of rotatable bonds is 4. The van der Waals surface area contributed by atoms with E-state index in [1.54, 1.807) is 18.3 Å². The van der Waals surface area contributed by atoms with E-state index < -0.39 is 0 Å². The van der Waals surface area contributed by atoms with Gasteiger partial charge in [0.15, 0.2) is 0 Å². The van der Waals surface area contributed by atoms with Gasteiger partial charge in [0.25, 0.3) is 0 Å². The van der Waals surface area contributed by atoms with Gasteiger partial charge in [0.05, 0.1) is 11.9 Å². The SMILES string of the molecule is Cc1ccc(/C=N\Nc2nc(-c3ccc(F)cc3)cs2)o1. The molecule has 0 aliphatic heterocycles. The largest absolute Gasteiger partial charge is 0.460 e. The Morgan fingerprint density at radius 2 is 2.05 bits per heavy atom. The first kappa shape index (κ1) is 13.5. The van der Waals surface area contributed by atoms with Crippen LogP contribution in [0.25, 0.3) is 11.3 Å². The summed E-state index contributed by atoms with van der Waals surface area (Å²) in [6.45, 7) is 1.88. The molecule has 106 valence electrons. The zero-order valence-electron chi connectivity index (χ0n) is 11.2. The fourth-order valence-electron chi connectivity index (χ4n) is 1.75. The van der Waals surface area contributed by atoms with Crippen molar-refractivity contribution in [2.24, 2.45) is 5.10 Å². The molecule has 0 fully saturated rings. The lowest BCUT2D eigenvalue weighted by Crippen LogP contribution is -1.89. The number of benzene rings is 1. The molecule has 0 unspecified atom stereocenters. The van der Waals surface area contributed by atoms with Crippen molar-refractivity contribution in [1.29, 1.82) is 0 Å². The molecule has 0 aliphatic rings. The fraction of sp³-hybridized carbons (Fsp3) is 0.0667. The van der Waals surface area contributed by atoms with E-state index in [2.05, 4.69) is 15.5 Å². The molecule has 3 rings (SSSR count). The highest BCUT2D eigenvalue weighted by atomic mass is 32.1. The maximum Gasteiger partial charge on any atom is 0.203 e. The van der Waals surface area contributed by atoms with Crippen molar-refractivity contribution in [2.75, 3.05) is 5.43 Å². The van der Waals surface area contributed by atoms with E-state index in [1.165, 1.54) is 23.5 Å². The van der Waals surface area contributed by atoms with Gasteiger partial charge >= 0.3 is 0 Å². The summed E-state index contributed by atoms with van der Waals surface area (Å²) in [5.74, 6) is 1.25. The molecule has 0 spiro atoms. The lowest BCUT2D eigenvalue weighted by Gasteiger charge is -1.95. The third kappa shape index (κ3) is 3.35. The smallest absolute Gasteiger partial charge is 0.203 e. The molecule has 4 nitrogen and oxygen atoms in total. The lowest BCUT2D eigenvalue weighted by molar-refractivity contribution is 0.528. The number of aryl methyl sites for hydroxylation is 1. The average Bonchev–Trinajstić information content (AvgIpc) is 3.09. The first-order valence-electron chi connectivity index (χ1n) is 6.28. The molecule has 2 aromatic heterocycles. The van der Waals surface area contributed by atoms with Crippen LogP contribution < -0.4 is 5.43 Å². The van der Waals surface area contributed by atoms with Gasteiger partial charge in [0.2, 0.25) is 5.13 Å². The minimum Gasteiger partial charge on any atom is -0.460 e. The Labute approximate surface area is 125 Å². The average molecular weight is 301 g/mol. The summed E-state index contributed by atoms with van der Waals surface area (Å²) in [5, 5.41) is 6.62. The van der Waals surface area contributed by atoms with Gasteiger partial charge in [0, 0.05) is 10.9 Å². The molecule has 0 atom stereocenters. The Balaban J connectivity index is 1.67. The van der Waals surface area contributed by atoms with Gasteiger partial charge in [-0.25, -0.2) is 9.37 Å². The lowest BCUT2D eigenvalue weighted by atomic mass is 10.2. The van der Waals surface area contributed by atoms with E-state index in [4.69, 9.17) is 4.42 Å². The quantitative estimate of drug-likeness (QED) is 0.577. The van der Waals surface area contributed by atoms with Crippen molar-refractivity contribution in [1.82, 2.24) is 4.98 Å². The van der Waals surface area contributed by atoms with Crippen molar-refractivity contribution in [2.45, 2.75) is 6.92 Å². The molecule has 1 N–H and O–H groups in total. The molecule has 3 aromatic rings. The number of nitrogens with zero attached hydrogens (tertiary/aromatic N) is 2. The van der Waals surface area contributed by atoms with Crippen LogP contribution in [0.4, 0.5) is 9.52 Å². The summed E-state index contributed by atoms with van der Waals surface area (Å²) < 4.78 is 18.2. The minimum atomic E-state index is -0.259.